The van der Waals surface area contributed by atoms with Crippen molar-refractivity contribution in [3.63, 3.8) is 0 Å². The Morgan fingerprint density at radius 3 is 1.76 bits per heavy atom. The van der Waals surface area contributed by atoms with Gasteiger partial charge in [0.2, 0.25) is 0 Å². The molecule has 352 valence electrons. The molecule has 0 saturated heterocycles. The molecule has 5 nitrogen and oxygen atoms in total. The molecule has 1 aliphatic rings. The predicted octanol–water partition coefficient (Wildman–Crippen LogP) is 18.1. The van der Waals surface area contributed by atoms with Gasteiger partial charge in [-0.25, -0.2) is 4.98 Å². The summed E-state index contributed by atoms with van der Waals surface area (Å²) in [6.45, 7) is 20.2. The maximum atomic E-state index is 9.80. The molecule has 5 heteroatoms. The fourth-order valence-corrected chi connectivity index (χ4v) is 9.82. The van der Waals surface area contributed by atoms with Gasteiger partial charge in [0.25, 0.3) is 0 Å². The number of hydrogen-bond acceptors (Lipinski definition) is 4. The maximum Gasteiger partial charge on any atom is 0.137 e. The van der Waals surface area contributed by atoms with E-state index in [0.717, 1.165) is 67.1 Å². The molecule has 0 N–H and O–H groups in total. The average molecular weight is 931 g/mol. The zero-order chi connectivity index (χ0) is 52.7. The van der Waals surface area contributed by atoms with Crippen molar-refractivity contribution < 1.29 is 10.2 Å². The van der Waals surface area contributed by atoms with Gasteiger partial charge in [0.15, 0.2) is 0 Å². The molecule has 0 spiro atoms. The zero-order valence-corrected chi connectivity index (χ0v) is 42.1. The number of pyridine rings is 1. The SMILES string of the molecule is [2H]c1c([2H])c(-c2cc(C(C)(C)C)cc(-c3cccc(C(C)(C)C)c3)c2N2CN(c3cccc(Oc4ccc5c6ccccc6n(-c6ccc(C(C)(C)C)cn6)c5c4)c3)c3ccccc32)c([2H])c([2H])c1-c1ccccc1. The number of ether oxygens (including phenoxy) is 1. The first kappa shape index (κ1) is 40.9. The van der Waals surface area contributed by atoms with E-state index in [4.69, 9.17) is 9.72 Å². The molecular weight excluding hydrogens is 865 g/mol. The molecule has 0 amide bonds. The molecule has 0 aliphatic carbocycles. The number of para-hydroxylation sites is 3. The van der Waals surface area contributed by atoms with Crippen molar-refractivity contribution in [3.8, 4) is 50.7 Å². The van der Waals surface area contributed by atoms with Crippen molar-refractivity contribution in [2.24, 2.45) is 0 Å². The van der Waals surface area contributed by atoms with Crippen molar-refractivity contribution in [1.82, 2.24) is 9.55 Å². The van der Waals surface area contributed by atoms with Gasteiger partial charge in [0.05, 0.1) is 33.6 Å². The Bertz CT molecular complexity index is 3810. The largest absolute Gasteiger partial charge is 0.457 e. The van der Waals surface area contributed by atoms with Crippen LogP contribution in [0.4, 0.5) is 22.7 Å². The highest BCUT2D eigenvalue weighted by atomic mass is 16.5. The first-order chi connectivity index (χ1) is 35.8. The fraction of sp³-hybridized carbons (Fsp3) is 0.197. The molecule has 10 aromatic rings. The number of hydrogen-bond donors (Lipinski definition) is 0. The van der Waals surface area contributed by atoms with Crippen molar-refractivity contribution in [1.29, 1.82) is 0 Å². The number of benzene rings is 8. The van der Waals surface area contributed by atoms with Crippen LogP contribution in [-0.4, -0.2) is 16.2 Å². The molecule has 3 heterocycles. The van der Waals surface area contributed by atoms with Crippen LogP contribution in [-0.2, 0) is 16.2 Å². The third-order valence-electron chi connectivity index (χ3n) is 13.8. The van der Waals surface area contributed by atoms with Gasteiger partial charge in [0, 0.05) is 45.9 Å². The Morgan fingerprint density at radius 1 is 0.451 bits per heavy atom. The van der Waals surface area contributed by atoms with Gasteiger partial charge in [-0.3, -0.25) is 4.57 Å². The number of anilines is 4. The van der Waals surface area contributed by atoms with Crippen molar-refractivity contribution >= 4 is 44.6 Å². The second-order valence-electron chi connectivity index (χ2n) is 21.9. The van der Waals surface area contributed by atoms with Crippen LogP contribution in [0.5, 0.6) is 11.5 Å². The van der Waals surface area contributed by atoms with Crippen LogP contribution in [0.25, 0.3) is 61.0 Å². The number of aromatic nitrogens is 2. The highest BCUT2D eigenvalue weighted by molar-refractivity contribution is 6.09. The molecule has 0 radical (unpaired) electrons. The molecule has 0 fully saturated rings. The lowest BCUT2D eigenvalue weighted by Gasteiger charge is -2.30. The highest BCUT2D eigenvalue weighted by Crippen LogP contribution is 2.52. The summed E-state index contributed by atoms with van der Waals surface area (Å²) in [6.07, 6.45) is 1.98. The van der Waals surface area contributed by atoms with Gasteiger partial charge >= 0.3 is 0 Å². The normalized spacial score (nSPS) is 13.8. The number of rotatable bonds is 8. The van der Waals surface area contributed by atoms with Gasteiger partial charge in [-0.05, 0) is 116 Å². The van der Waals surface area contributed by atoms with E-state index in [9.17, 15) is 5.48 Å². The van der Waals surface area contributed by atoms with Crippen LogP contribution >= 0.6 is 0 Å². The topological polar surface area (TPSA) is 33.5 Å². The lowest BCUT2D eigenvalue weighted by Crippen LogP contribution is -2.25. The third-order valence-corrected chi connectivity index (χ3v) is 13.8. The van der Waals surface area contributed by atoms with Crippen molar-refractivity contribution in [2.75, 3.05) is 16.5 Å². The van der Waals surface area contributed by atoms with Crippen LogP contribution in [0.1, 0.15) is 84.5 Å². The molecule has 0 unspecified atom stereocenters. The minimum Gasteiger partial charge on any atom is -0.457 e. The van der Waals surface area contributed by atoms with E-state index in [-0.39, 0.29) is 51.5 Å². The molecule has 2 aromatic heterocycles. The molecule has 0 atom stereocenters. The molecule has 1 aliphatic heterocycles. The smallest absolute Gasteiger partial charge is 0.137 e. The van der Waals surface area contributed by atoms with E-state index >= 15 is 0 Å². The summed E-state index contributed by atoms with van der Waals surface area (Å²) >= 11 is 0. The van der Waals surface area contributed by atoms with E-state index in [2.05, 4.69) is 192 Å². The van der Waals surface area contributed by atoms with Crippen molar-refractivity contribution in [2.45, 2.75) is 78.6 Å². The lowest BCUT2D eigenvalue weighted by molar-refractivity contribution is 0.483. The molecule has 8 aromatic carbocycles. The zero-order valence-electron chi connectivity index (χ0n) is 46.1. The second-order valence-corrected chi connectivity index (χ2v) is 21.9. The minimum absolute atomic E-state index is 0.0199. The monoisotopic (exact) mass is 931 g/mol. The van der Waals surface area contributed by atoms with Crippen LogP contribution in [0.15, 0.2) is 200 Å². The van der Waals surface area contributed by atoms with E-state index in [1.165, 1.54) is 11.1 Å². The Balaban J connectivity index is 1.05. The van der Waals surface area contributed by atoms with Crippen LogP contribution in [0.3, 0.4) is 0 Å². The van der Waals surface area contributed by atoms with Crippen LogP contribution in [0.2, 0.25) is 0 Å². The first-order valence-corrected chi connectivity index (χ1v) is 24.6. The molecule has 11 rings (SSSR count). The summed E-state index contributed by atoms with van der Waals surface area (Å²) in [4.78, 5) is 9.55. The quantitative estimate of drug-likeness (QED) is 0.152. The van der Waals surface area contributed by atoms with Gasteiger partial charge < -0.3 is 14.5 Å². The van der Waals surface area contributed by atoms with Crippen LogP contribution in [0, 0.1) is 0 Å². The Hall–Kier alpha value is -7.89. The summed E-state index contributed by atoms with van der Waals surface area (Å²) in [5, 5.41) is 2.25. The van der Waals surface area contributed by atoms with Gasteiger partial charge in [0.1, 0.15) is 24.0 Å². The average Bonchev–Trinajstić information content (AvgIpc) is 3.98. The minimum atomic E-state index is -0.337. The van der Waals surface area contributed by atoms with Gasteiger partial charge in [-0.2, -0.15) is 0 Å². The Kier molecular flexibility index (Phi) is 10.1. The summed E-state index contributed by atoms with van der Waals surface area (Å²) in [5.74, 6) is 2.21. The summed E-state index contributed by atoms with van der Waals surface area (Å²) in [6, 6.07) is 57.6. The van der Waals surface area contributed by atoms with E-state index in [1.54, 1.807) is 0 Å². The van der Waals surface area contributed by atoms with Gasteiger partial charge in [-0.15, -0.1) is 0 Å². The van der Waals surface area contributed by atoms with Crippen molar-refractivity contribution in [3.05, 3.63) is 217 Å². The number of nitrogens with zero attached hydrogens (tertiary/aromatic N) is 4. The third kappa shape index (κ3) is 8.65. The summed E-state index contributed by atoms with van der Waals surface area (Å²) in [7, 11) is 0. The standard InChI is InChI=1S/C66H62N4O/c1-64(2,3)48-22-17-21-47(37-48)57-39-50(66(7,8)9)38-56(46-31-29-45(30-32-46)44-19-11-10-12-20-44)63(57)69-43-68(59-27-15-16-28-60(59)69)51-23-18-24-52(40-51)71-53-34-35-55-54-25-13-14-26-58(54)70(61(55)41-53)62-36-33-49(42-67-62)65(4,5)6/h10-42H,43H2,1-9H3/i29D,30D,31D,32D. The fourth-order valence-electron chi connectivity index (χ4n) is 9.82. The van der Waals surface area contributed by atoms with E-state index in [0.29, 0.717) is 29.3 Å². The number of fused-ring (bicyclic) bond motifs is 4. The highest BCUT2D eigenvalue weighted by Gasteiger charge is 2.33. The maximum absolute atomic E-state index is 9.80. The first-order valence-electron chi connectivity index (χ1n) is 26.6. The summed E-state index contributed by atoms with van der Waals surface area (Å²) < 4.78 is 47.6. The summed E-state index contributed by atoms with van der Waals surface area (Å²) in [5.41, 5.74) is 12.4. The predicted molar refractivity (Wildman–Crippen MR) is 300 cm³/mol. The van der Waals surface area contributed by atoms with Gasteiger partial charge in [-0.1, -0.05) is 184 Å². The second kappa shape index (κ2) is 17.5. The van der Waals surface area contributed by atoms with Crippen LogP contribution < -0.4 is 14.5 Å². The molecule has 0 bridgehead atoms. The molecular formula is C66H62N4O. The molecule has 0 saturated carbocycles. The van der Waals surface area contributed by atoms with E-state index in [1.807, 2.05) is 60.8 Å². The van der Waals surface area contributed by atoms with E-state index < -0.39 is 0 Å². The Morgan fingerprint density at radius 2 is 1.06 bits per heavy atom. The molecule has 71 heavy (non-hydrogen) atoms. The Labute approximate surface area is 425 Å². The lowest BCUT2D eigenvalue weighted by atomic mass is 9.80.